The van der Waals surface area contributed by atoms with E-state index in [-0.39, 0.29) is 34.9 Å². The zero-order chi connectivity index (χ0) is 23.3. The van der Waals surface area contributed by atoms with Gasteiger partial charge in [-0.1, -0.05) is 38.3 Å². The van der Waals surface area contributed by atoms with Gasteiger partial charge in [0.05, 0.1) is 17.6 Å². The van der Waals surface area contributed by atoms with Gasteiger partial charge < -0.3 is 10.6 Å². The Bertz CT molecular complexity index is 1040. The summed E-state index contributed by atoms with van der Waals surface area (Å²) in [5.74, 6) is -0.446. The summed E-state index contributed by atoms with van der Waals surface area (Å²) in [5, 5.41) is 19.1. The zero-order valence-electron chi connectivity index (χ0n) is 18.3. The summed E-state index contributed by atoms with van der Waals surface area (Å²) in [5.41, 5.74) is 0.798. The molecule has 32 heavy (non-hydrogen) atoms. The fraction of sp³-hybridized carbons (Fsp3) is 0.524. The van der Waals surface area contributed by atoms with Crippen molar-refractivity contribution in [2.75, 3.05) is 0 Å². The second-order valence-electron chi connectivity index (χ2n) is 8.47. The van der Waals surface area contributed by atoms with Crippen molar-refractivity contribution >= 4 is 21.8 Å². The molecule has 0 spiro atoms. The number of rotatable bonds is 8. The van der Waals surface area contributed by atoms with Crippen LogP contribution in [0.25, 0.3) is 0 Å². The van der Waals surface area contributed by atoms with Crippen molar-refractivity contribution in [2.24, 2.45) is 11.1 Å². The molecule has 4 N–H and O–H groups in total. The smallest absolute Gasteiger partial charge is 0.251 e. The van der Waals surface area contributed by atoms with Crippen LogP contribution in [0.1, 0.15) is 68.0 Å². The Morgan fingerprint density at radius 2 is 1.81 bits per heavy atom. The number of amides is 2. The number of aromatic nitrogens is 3. The fourth-order valence-corrected chi connectivity index (χ4v) is 4.38. The normalized spacial score (nSPS) is 16.0. The highest BCUT2D eigenvalue weighted by molar-refractivity contribution is 7.89. The van der Waals surface area contributed by atoms with Crippen molar-refractivity contribution in [3.05, 3.63) is 41.7 Å². The molecule has 11 heteroatoms. The summed E-state index contributed by atoms with van der Waals surface area (Å²) >= 11 is 0. The number of carbonyl (C=O) groups excluding carboxylic acids is 2. The van der Waals surface area contributed by atoms with E-state index in [0.717, 1.165) is 25.7 Å². The molecule has 1 aliphatic rings. The Morgan fingerprint density at radius 1 is 1.16 bits per heavy atom. The monoisotopic (exact) mass is 462 g/mol. The van der Waals surface area contributed by atoms with Crippen molar-refractivity contribution < 1.29 is 18.0 Å². The quantitative estimate of drug-likeness (QED) is 0.541. The molecular weight excluding hydrogens is 432 g/mol. The van der Waals surface area contributed by atoms with Gasteiger partial charge in [0.15, 0.2) is 0 Å². The van der Waals surface area contributed by atoms with Crippen LogP contribution >= 0.6 is 0 Å². The first kappa shape index (κ1) is 23.9. The van der Waals surface area contributed by atoms with E-state index >= 15 is 0 Å². The largest absolute Gasteiger partial charge is 0.352 e. The summed E-state index contributed by atoms with van der Waals surface area (Å²) in [6.07, 6.45) is 7.15. The van der Waals surface area contributed by atoms with Crippen LogP contribution in [0.5, 0.6) is 0 Å². The van der Waals surface area contributed by atoms with Gasteiger partial charge in [-0.2, -0.15) is 0 Å². The Morgan fingerprint density at radius 3 is 2.41 bits per heavy atom. The van der Waals surface area contributed by atoms with E-state index in [0.29, 0.717) is 5.69 Å². The molecule has 1 aromatic heterocycles. The SMILES string of the molecule is CC(C)[C@@H](C(=O)NC1CCCCC1)n1cc(CNC(=O)c2ccc(S(N)(=O)=O)cc2)nn1. The minimum Gasteiger partial charge on any atom is -0.352 e. The number of benzene rings is 1. The minimum atomic E-state index is -3.82. The molecule has 0 saturated heterocycles. The van der Waals surface area contributed by atoms with E-state index in [4.69, 9.17) is 5.14 Å². The van der Waals surface area contributed by atoms with Crippen LogP contribution in [0.4, 0.5) is 0 Å². The minimum absolute atomic E-state index is 0.0140. The summed E-state index contributed by atoms with van der Waals surface area (Å²) in [7, 11) is -3.82. The number of nitrogens with one attached hydrogen (secondary N) is 2. The molecule has 174 valence electrons. The van der Waals surface area contributed by atoms with Crippen LogP contribution in [0, 0.1) is 5.92 Å². The first-order chi connectivity index (χ1) is 15.1. The van der Waals surface area contributed by atoms with Crippen molar-refractivity contribution in [3.63, 3.8) is 0 Å². The number of primary sulfonamides is 1. The summed E-state index contributed by atoms with van der Waals surface area (Å²) < 4.78 is 24.2. The van der Waals surface area contributed by atoms with E-state index in [1.165, 1.54) is 30.7 Å². The Labute approximate surface area is 188 Å². The molecular formula is C21H30N6O4S. The molecule has 1 aromatic carbocycles. The molecule has 0 aliphatic heterocycles. The van der Waals surface area contributed by atoms with Gasteiger partial charge in [0.25, 0.3) is 5.91 Å². The summed E-state index contributed by atoms with van der Waals surface area (Å²) in [6, 6.07) is 5.05. The molecule has 3 rings (SSSR count). The molecule has 1 aliphatic carbocycles. The van der Waals surface area contributed by atoms with Gasteiger partial charge in [-0.05, 0) is 43.0 Å². The third kappa shape index (κ3) is 6.13. The highest BCUT2D eigenvalue weighted by Crippen LogP contribution is 2.21. The van der Waals surface area contributed by atoms with Crippen molar-refractivity contribution in [1.29, 1.82) is 0 Å². The van der Waals surface area contributed by atoms with E-state index in [1.807, 2.05) is 13.8 Å². The third-order valence-corrected chi connectivity index (χ3v) is 6.50. The second kappa shape index (κ2) is 10.2. The number of hydrogen-bond donors (Lipinski definition) is 3. The lowest BCUT2D eigenvalue weighted by molar-refractivity contribution is -0.126. The van der Waals surface area contributed by atoms with E-state index in [2.05, 4.69) is 20.9 Å². The maximum Gasteiger partial charge on any atom is 0.251 e. The van der Waals surface area contributed by atoms with E-state index in [9.17, 15) is 18.0 Å². The highest BCUT2D eigenvalue weighted by atomic mass is 32.2. The Balaban J connectivity index is 1.60. The Kier molecular flexibility index (Phi) is 7.62. The number of sulfonamides is 1. The molecule has 0 unspecified atom stereocenters. The predicted octanol–water partition coefficient (Wildman–Crippen LogP) is 1.50. The van der Waals surface area contributed by atoms with Gasteiger partial charge in [-0.15, -0.1) is 5.10 Å². The first-order valence-corrected chi connectivity index (χ1v) is 12.3. The average Bonchev–Trinajstić information content (AvgIpc) is 3.20. The molecule has 2 amide bonds. The molecule has 1 atom stereocenters. The van der Waals surface area contributed by atoms with Crippen molar-refractivity contribution in [3.8, 4) is 0 Å². The van der Waals surface area contributed by atoms with Gasteiger partial charge >= 0.3 is 0 Å². The lowest BCUT2D eigenvalue weighted by Gasteiger charge is -2.27. The van der Waals surface area contributed by atoms with Gasteiger partial charge in [0, 0.05) is 11.6 Å². The molecule has 1 fully saturated rings. The van der Waals surface area contributed by atoms with Crippen LogP contribution in [0.2, 0.25) is 0 Å². The molecule has 10 nitrogen and oxygen atoms in total. The van der Waals surface area contributed by atoms with Gasteiger partial charge in [0.2, 0.25) is 15.9 Å². The lowest BCUT2D eigenvalue weighted by atomic mass is 9.94. The number of carbonyl (C=O) groups is 2. The Hall–Kier alpha value is -2.79. The maximum atomic E-state index is 12.9. The zero-order valence-corrected chi connectivity index (χ0v) is 19.1. The van der Waals surface area contributed by atoms with Crippen LogP contribution in [0.3, 0.4) is 0 Å². The van der Waals surface area contributed by atoms with Crippen LogP contribution in [0.15, 0.2) is 35.4 Å². The third-order valence-electron chi connectivity index (χ3n) is 5.57. The second-order valence-corrected chi connectivity index (χ2v) is 10.0. The number of nitrogens with two attached hydrogens (primary N) is 1. The van der Waals surface area contributed by atoms with Crippen LogP contribution in [-0.2, 0) is 21.4 Å². The van der Waals surface area contributed by atoms with Crippen LogP contribution < -0.4 is 15.8 Å². The van der Waals surface area contributed by atoms with E-state index < -0.39 is 22.0 Å². The van der Waals surface area contributed by atoms with E-state index in [1.54, 1.807) is 10.9 Å². The number of hydrogen-bond acceptors (Lipinski definition) is 6. The predicted molar refractivity (Wildman–Crippen MR) is 118 cm³/mol. The average molecular weight is 463 g/mol. The van der Waals surface area contributed by atoms with Gasteiger partial charge in [0.1, 0.15) is 11.7 Å². The van der Waals surface area contributed by atoms with Crippen molar-refractivity contribution in [2.45, 2.75) is 69.5 Å². The molecule has 1 saturated carbocycles. The molecule has 0 radical (unpaired) electrons. The molecule has 2 aromatic rings. The molecule has 0 bridgehead atoms. The summed E-state index contributed by atoms with van der Waals surface area (Å²) in [6.45, 7) is 4.03. The fourth-order valence-electron chi connectivity index (χ4n) is 3.86. The lowest BCUT2D eigenvalue weighted by Crippen LogP contribution is -2.42. The van der Waals surface area contributed by atoms with Crippen LogP contribution in [-0.4, -0.2) is 41.3 Å². The first-order valence-electron chi connectivity index (χ1n) is 10.8. The maximum absolute atomic E-state index is 12.9. The van der Waals surface area contributed by atoms with Crippen molar-refractivity contribution in [1.82, 2.24) is 25.6 Å². The number of nitrogens with zero attached hydrogens (tertiary/aromatic N) is 3. The highest BCUT2D eigenvalue weighted by Gasteiger charge is 2.28. The molecule has 1 heterocycles. The standard InChI is InChI=1S/C21H30N6O4S/c1-14(2)19(21(29)24-16-6-4-3-5-7-16)27-13-17(25-26-27)12-23-20(28)15-8-10-18(11-9-15)32(22,30)31/h8-11,13-14,16,19H,3-7,12H2,1-2H3,(H,23,28)(H,24,29)(H2,22,30,31)/t19-/m0/s1. The summed E-state index contributed by atoms with van der Waals surface area (Å²) in [4.78, 5) is 25.2. The van der Waals surface area contributed by atoms with Gasteiger partial charge in [-0.3, -0.25) is 9.59 Å². The topological polar surface area (TPSA) is 149 Å². The van der Waals surface area contributed by atoms with Gasteiger partial charge in [-0.25, -0.2) is 18.2 Å².